The summed E-state index contributed by atoms with van der Waals surface area (Å²) in [5.41, 5.74) is 0.194. The van der Waals surface area contributed by atoms with Gasteiger partial charge in [0.2, 0.25) is 5.78 Å². The van der Waals surface area contributed by atoms with E-state index >= 15 is 0 Å². The van der Waals surface area contributed by atoms with Gasteiger partial charge in [-0.3, -0.25) is 14.4 Å². The van der Waals surface area contributed by atoms with Crippen molar-refractivity contribution in [2.45, 2.75) is 63.9 Å². The molecule has 1 unspecified atom stereocenters. The highest BCUT2D eigenvalue weighted by Gasteiger charge is 2.45. The van der Waals surface area contributed by atoms with Crippen molar-refractivity contribution in [3.63, 3.8) is 0 Å². The van der Waals surface area contributed by atoms with E-state index in [9.17, 15) is 14.4 Å². The van der Waals surface area contributed by atoms with Gasteiger partial charge >= 0.3 is 11.9 Å². The van der Waals surface area contributed by atoms with Crippen molar-refractivity contribution in [3.8, 4) is 11.5 Å². The number of esters is 1. The van der Waals surface area contributed by atoms with E-state index in [2.05, 4.69) is 0 Å². The van der Waals surface area contributed by atoms with Crippen molar-refractivity contribution in [1.29, 1.82) is 0 Å². The van der Waals surface area contributed by atoms with Crippen LogP contribution in [0.1, 0.15) is 57.4 Å². The van der Waals surface area contributed by atoms with Gasteiger partial charge in [-0.15, -0.1) is 0 Å². The lowest BCUT2D eigenvalue weighted by Crippen LogP contribution is -2.34. The fraction of sp³-hybridized carbons (Fsp3) is 0.480. The lowest BCUT2D eigenvalue weighted by molar-refractivity contribution is -0.150. The minimum absolute atomic E-state index is 0.0412. The molecule has 0 fully saturated rings. The Morgan fingerprint density at radius 2 is 1.82 bits per heavy atom. The lowest BCUT2D eigenvalue weighted by atomic mass is 9.88. The van der Waals surface area contributed by atoms with Crippen molar-refractivity contribution < 1.29 is 33.7 Å². The number of hydrogen-bond acceptors (Lipinski definition) is 6. The number of carbonyl (C=O) groups excluding carboxylic acids is 2. The van der Waals surface area contributed by atoms with Crippen LogP contribution >= 0.6 is 11.6 Å². The number of rotatable bonds is 13. The van der Waals surface area contributed by atoms with Gasteiger partial charge in [0.25, 0.3) is 0 Å². The molecule has 0 aromatic heterocycles. The van der Waals surface area contributed by atoms with Crippen molar-refractivity contribution in [3.05, 3.63) is 46.5 Å². The molecule has 7 nitrogen and oxygen atoms in total. The first-order valence-corrected chi connectivity index (χ1v) is 11.4. The first-order valence-electron chi connectivity index (χ1n) is 11.0. The molecule has 0 spiro atoms. The summed E-state index contributed by atoms with van der Waals surface area (Å²) >= 11 is 6.18. The van der Waals surface area contributed by atoms with E-state index in [0.717, 1.165) is 18.4 Å². The number of carbonyl (C=O) groups is 3. The first-order chi connectivity index (χ1) is 15.7. The Bertz CT molecular complexity index is 935. The fourth-order valence-corrected chi connectivity index (χ4v) is 4.25. The lowest BCUT2D eigenvalue weighted by Gasteiger charge is -2.28. The van der Waals surface area contributed by atoms with Gasteiger partial charge in [-0.2, -0.15) is 0 Å². The van der Waals surface area contributed by atoms with Crippen LogP contribution in [0.2, 0.25) is 0 Å². The van der Waals surface area contributed by atoms with Gasteiger partial charge in [-0.1, -0.05) is 30.2 Å². The van der Waals surface area contributed by atoms with Crippen LogP contribution in [0.4, 0.5) is 0 Å². The van der Waals surface area contributed by atoms with E-state index in [4.69, 9.17) is 30.9 Å². The molecule has 2 rings (SSSR count). The predicted octanol–water partition coefficient (Wildman–Crippen LogP) is 5.00. The Morgan fingerprint density at radius 1 is 1.09 bits per heavy atom. The van der Waals surface area contributed by atoms with Crippen LogP contribution in [0.25, 0.3) is 0 Å². The van der Waals surface area contributed by atoms with Crippen LogP contribution in [0.5, 0.6) is 11.5 Å². The largest absolute Gasteiger partial charge is 0.493 e. The molecule has 8 heteroatoms. The van der Waals surface area contributed by atoms with Crippen LogP contribution in [-0.2, 0) is 25.5 Å². The molecule has 0 amide bonds. The van der Waals surface area contributed by atoms with E-state index in [1.807, 2.05) is 18.2 Å². The second kappa shape index (κ2) is 12.4. The van der Waals surface area contributed by atoms with E-state index in [-0.39, 0.29) is 17.2 Å². The number of Topliss-reactive ketones (excluding diaryl/α,β-unsaturated/α-hetero) is 1. The van der Waals surface area contributed by atoms with Gasteiger partial charge < -0.3 is 19.3 Å². The summed E-state index contributed by atoms with van der Waals surface area (Å²) in [6.45, 7) is 1.31. The topological polar surface area (TPSA) is 99.1 Å². The molecular formula is C25H31ClO7. The maximum Gasteiger partial charge on any atom is 0.303 e. The molecule has 1 aliphatic rings. The Balaban J connectivity index is 2.12. The van der Waals surface area contributed by atoms with Crippen LogP contribution in [0.3, 0.4) is 0 Å². The SMILES string of the molecule is COc1ccc(CCCC2(OC(C)=O)C=C(Cl)C(=O)C2=CCCCCCC(=O)O)cc1OC. The van der Waals surface area contributed by atoms with Gasteiger partial charge in [0.05, 0.1) is 19.3 Å². The van der Waals surface area contributed by atoms with E-state index in [1.165, 1.54) is 13.0 Å². The van der Waals surface area contributed by atoms with Crippen LogP contribution < -0.4 is 9.47 Å². The molecule has 1 aromatic carbocycles. The van der Waals surface area contributed by atoms with E-state index in [1.54, 1.807) is 20.3 Å². The molecule has 0 saturated heterocycles. The number of ketones is 1. The zero-order chi connectivity index (χ0) is 24.4. The Morgan fingerprint density at radius 3 is 2.45 bits per heavy atom. The van der Waals surface area contributed by atoms with Crippen molar-refractivity contribution >= 4 is 29.3 Å². The average Bonchev–Trinajstić information content (AvgIpc) is 2.99. The second-order valence-electron chi connectivity index (χ2n) is 7.96. The number of halogens is 1. The Labute approximate surface area is 199 Å². The number of allylic oxidation sites excluding steroid dienone is 2. The van der Waals surface area contributed by atoms with E-state index < -0.39 is 17.5 Å². The Hall–Kier alpha value is -2.80. The molecule has 1 aliphatic carbocycles. The van der Waals surface area contributed by atoms with E-state index in [0.29, 0.717) is 49.2 Å². The summed E-state index contributed by atoms with van der Waals surface area (Å²) in [6, 6.07) is 5.67. The summed E-state index contributed by atoms with van der Waals surface area (Å²) in [7, 11) is 3.15. The maximum atomic E-state index is 12.7. The number of carboxylic acids is 1. The zero-order valence-corrected chi connectivity index (χ0v) is 20.1. The molecule has 1 atom stereocenters. The zero-order valence-electron chi connectivity index (χ0n) is 19.3. The molecule has 180 valence electrons. The number of ether oxygens (including phenoxy) is 3. The first kappa shape index (κ1) is 26.5. The number of unbranched alkanes of at least 4 members (excludes halogenated alkanes) is 3. The molecule has 0 heterocycles. The Kier molecular flexibility index (Phi) is 9.97. The number of carboxylic acid groups (broad SMARTS) is 1. The highest BCUT2D eigenvalue weighted by molar-refractivity contribution is 6.46. The second-order valence-corrected chi connectivity index (χ2v) is 8.37. The average molecular weight is 479 g/mol. The number of benzene rings is 1. The number of aliphatic carboxylic acids is 1. The molecule has 1 aromatic rings. The predicted molar refractivity (Wildman–Crippen MR) is 125 cm³/mol. The monoisotopic (exact) mass is 478 g/mol. The minimum atomic E-state index is -1.20. The van der Waals surface area contributed by atoms with Gasteiger partial charge in [0.15, 0.2) is 17.1 Å². The maximum absolute atomic E-state index is 12.7. The molecule has 0 aliphatic heterocycles. The fourth-order valence-electron chi connectivity index (χ4n) is 3.97. The molecule has 1 N–H and O–H groups in total. The van der Waals surface area contributed by atoms with Gasteiger partial charge in [-0.25, -0.2) is 0 Å². The molecule has 0 radical (unpaired) electrons. The summed E-state index contributed by atoms with van der Waals surface area (Å²) < 4.78 is 16.3. The third-order valence-corrected chi connectivity index (χ3v) is 5.79. The van der Waals surface area contributed by atoms with Gasteiger partial charge in [0.1, 0.15) is 0 Å². The summed E-state index contributed by atoms with van der Waals surface area (Å²) in [5, 5.41) is 8.78. The quantitative estimate of drug-likeness (QED) is 0.242. The molecule has 0 bridgehead atoms. The molecule has 0 saturated carbocycles. The third kappa shape index (κ3) is 7.35. The molecular weight excluding hydrogens is 448 g/mol. The van der Waals surface area contributed by atoms with Crippen LogP contribution in [-0.4, -0.2) is 42.6 Å². The number of hydrogen-bond donors (Lipinski definition) is 1. The minimum Gasteiger partial charge on any atom is -0.493 e. The van der Waals surface area contributed by atoms with Crippen LogP contribution in [0, 0.1) is 0 Å². The number of methoxy groups -OCH3 is 2. The summed E-state index contributed by atoms with van der Waals surface area (Å²) in [6.07, 6.45) is 7.72. The normalized spacial score (nSPS) is 18.8. The van der Waals surface area contributed by atoms with Gasteiger partial charge in [0, 0.05) is 18.9 Å². The number of aryl methyl sites for hydroxylation is 1. The molecule has 33 heavy (non-hydrogen) atoms. The van der Waals surface area contributed by atoms with Crippen molar-refractivity contribution in [2.24, 2.45) is 0 Å². The smallest absolute Gasteiger partial charge is 0.303 e. The van der Waals surface area contributed by atoms with Crippen molar-refractivity contribution in [1.82, 2.24) is 0 Å². The van der Waals surface area contributed by atoms with Crippen LogP contribution in [0.15, 0.2) is 41.0 Å². The highest BCUT2D eigenvalue weighted by atomic mass is 35.5. The summed E-state index contributed by atoms with van der Waals surface area (Å²) in [5.74, 6) is -0.383. The standard InChI is InChI=1S/C25H31ClO7/c1-17(27)33-25(14-8-9-18-12-13-21(31-2)22(15-18)32-3)16-20(26)24(30)19(25)10-6-4-5-7-11-23(28)29/h10,12-13,15-16H,4-9,11,14H2,1-3H3,(H,28,29). The van der Waals surface area contributed by atoms with Crippen molar-refractivity contribution in [2.75, 3.05) is 14.2 Å². The van der Waals surface area contributed by atoms with Gasteiger partial charge in [-0.05, 0) is 62.3 Å². The summed E-state index contributed by atoms with van der Waals surface area (Å²) in [4.78, 5) is 35.3. The highest BCUT2D eigenvalue weighted by Crippen LogP contribution is 2.40. The third-order valence-electron chi connectivity index (χ3n) is 5.51.